The van der Waals surface area contributed by atoms with E-state index in [-0.39, 0.29) is 22.8 Å². The Balaban J connectivity index is 2.33. The summed E-state index contributed by atoms with van der Waals surface area (Å²) in [5.74, 6) is -0.0277. The lowest BCUT2D eigenvalue weighted by atomic mass is 10.1. The molecule has 21 heavy (non-hydrogen) atoms. The molecule has 0 unspecified atom stereocenters. The molecule has 0 spiro atoms. The second-order valence-electron chi connectivity index (χ2n) is 4.40. The number of hydrogen-bond acceptors (Lipinski definition) is 4. The van der Waals surface area contributed by atoms with E-state index in [0.29, 0.717) is 11.8 Å². The Labute approximate surface area is 116 Å². The van der Waals surface area contributed by atoms with Crippen molar-refractivity contribution in [3.8, 4) is 17.0 Å². The number of phenolic OH excluding ortho intramolecular Hbond substituents is 1. The summed E-state index contributed by atoms with van der Waals surface area (Å²) in [4.78, 5) is 3.71. The number of aromatic hydroxyl groups is 1. The highest BCUT2D eigenvalue weighted by Gasteiger charge is 2.35. The minimum Gasteiger partial charge on any atom is -0.508 e. The first-order valence-electron chi connectivity index (χ1n) is 5.87. The van der Waals surface area contributed by atoms with Crippen molar-refractivity contribution in [1.29, 1.82) is 0 Å². The molecule has 5 nitrogen and oxygen atoms in total. The fourth-order valence-electron chi connectivity index (χ4n) is 2.09. The molecular weight excluding hydrogens is 285 g/mol. The molecule has 2 heterocycles. The van der Waals surface area contributed by atoms with E-state index in [1.807, 2.05) is 0 Å². The van der Waals surface area contributed by atoms with Gasteiger partial charge in [0.15, 0.2) is 5.65 Å². The number of phenols is 1. The molecule has 3 rings (SSSR count). The molecule has 0 aliphatic rings. The van der Waals surface area contributed by atoms with E-state index in [1.165, 1.54) is 12.1 Å². The van der Waals surface area contributed by atoms with Crippen LogP contribution in [0, 0.1) is 0 Å². The van der Waals surface area contributed by atoms with Gasteiger partial charge in [-0.3, -0.25) is 0 Å². The zero-order valence-electron chi connectivity index (χ0n) is 10.5. The maximum absolute atomic E-state index is 12.9. The van der Waals surface area contributed by atoms with Gasteiger partial charge in [-0.15, -0.1) is 0 Å². The first-order chi connectivity index (χ1) is 9.88. The molecule has 1 aromatic carbocycles. The zero-order valence-corrected chi connectivity index (χ0v) is 10.5. The number of nitrogens with two attached hydrogens (primary N) is 1. The maximum atomic E-state index is 12.9. The molecule has 108 valence electrons. The third-order valence-corrected chi connectivity index (χ3v) is 2.98. The van der Waals surface area contributed by atoms with E-state index in [9.17, 15) is 18.3 Å². The number of hydrogen-bond donors (Lipinski definition) is 2. The van der Waals surface area contributed by atoms with Crippen molar-refractivity contribution in [2.75, 3.05) is 5.73 Å². The van der Waals surface area contributed by atoms with E-state index >= 15 is 0 Å². The summed E-state index contributed by atoms with van der Waals surface area (Å²) in [6.07, 6.45) is -2.71. The van der Waals surface area contributed by atoms with Crippen LogP contribution in [0.15, 0.2) is 36.7 Å². The van der Waals surface area contributed by atoms with Crippen LogP contribution in [0.25, 0.3) is 16.9 Å². The molecule has 0 bridgehead atoms. The van der Waals surface area contributed by atoms with Crippen molar-refractivity contribution in [2.45, 2.75) is 6.18 Å². The lowest BCUT2D eigenvalue weighted by Crippen LogP contribution is -2.07. The van der Waals surface area contributed by atoms with Crippen LogP contribution in [0.2, 0.25) is 0 Å². The van der Waals surface area contributed by atoms with Gasteiger partial charge in [0.25, 0.3) is 0 Å². The van der Waals surface area contributed by atoms with E-state index < -0.39 is 11.7 Å². The maximum Gasteiger partial charge on any atom is 0.421 e. The SMILES string of the molecule is Nc1cnc2c(C(F)(F)F)cnn2c1-c1cccc(O)c1. The second kappa shape index (κ2) is 4.37. The Bertz CT molecular complexity index is 826. The van der Waals surface area contributed by atoms with Crippen molar-refractivity contribution < 1.29 is 18.3 Å². The van der Waals surface area contributed by atoms with Gasteiger partial charge < -0.3 is 10.8 Å². The quantitative estimate of drug-likeness (QED) is 0.723. The third-order valence-electron chi connectivity index (χ3n) is 2.98. The molecule has 2 aromatic heterocycles. The van der Waals surface area contributed by atoms with Crippen LogP contribution >= 0.6 is 0 Å². The Kier molecular flexibility index (Phi) is 2.75. The van der Waals surface area contributed by atoms with Gasteiger partial charge in [-0.1, -0.05) is 12.1 Å². The molecule has 3 aromatic rings. The Hall–Kier alpha value is -2.77. The number of fused-ring (bicyclic) bond motifs is 1. The van der Waals surface area contributed by atoms with Gasteiger partial charge in [0.2, 0.25) is 0 Å². The lowest BCUT2D eigenvalue weighted by Gasteiger charge is -2.09. The normalized spacial score (nSPS) is 12.0. The summed E-state index contributed by atoms with van der Waals surface area (Å²) in [5, 5.41) is 13.2. The van der Waals surface area contributed by atoms with Crippen LogP contribution in [0.3, 0.4) is 0 Å². The van der Waals surface area contributed by atoms with Crippen molar-refractivity contribution >= 4 is 11.3 Å². The summed E-state index contributed by atoms with van der Waals surface area (Å²) in [7, 11) is 0. The van der Waals surface area contributed by atoms with Crippen LogP contribution < -0.4 is 5.73 Å². The molecule has 0 amide bonds. The highest BCUT2D eigenvalue weighted by molar-refractivity contribution is 5.75. The van der Waals surface area contributed by atoms with Crippen LogP contribution in [-0.2, 0) is 6.18 Å². The molecule has 0 aliphatic carbocycles. The molecule has 3 N–H and O–H groups in total. The van der Waals surface area contributed by atoms with Crippen molar-refractivity contribution in [3.63, 3.8) is 0 Å². The van der Waals surface area contributed by atoms with E-state index in [4.69, 9.17) is 5.73 Å². The van der Waals surface area contributed by atoms with E-state index in [2.05, 4.69) is 10.1 Å². The highest BCUT2D eigenvalue weighted by atomic mass is 19.4. The smallest absolute Gasteiger partial charge is 0.421 e. The van der Waals surface area contributed by atoms with E-state index in [0.717, 1.165) is 10.7 Å². The number of aromatic nitrogens is 3. The van der Waals surface area contributed by atoms with Crippen molar-refractivity contribution in [2.24, 2.45) is 0 Å². The van der Waals surface area contributed by atoms with Crippen LogP contribution in [0.5, 0.6) is 5.75 Å². The van der Waals surface area contributed by atoms with E-state index in [1.54, 1.807) is 12.1 Å². The number of alkyl halides is 3. The molecular formula is C13H9F3N4O. The first kappa shape index (κ1) is 13.2. The minimum atomic E-state index is -4.55. The summed E-state index contributed by atoms with van der Waals surface area (Å²) >= 11 is 0. The van der Waals surface area contributed by atoms with Gasteiger partial charge in [0, 0.05) is 5.56 Å². The molecule has 8 heteroatoms. The number of anilines is 1. The fourth-order valence-corrected chi connectivity index (χ4v) is 2.09. The lowest BCUT2D eigenvalue weighted by molar-refractivity contribution is -0.136. The standard InChI is InChI=1S/C13H9F3N4O/c14-13(15,16)9-5-19-20-11(10(17)6-18-12(9)20)7-2-1-3-8(21)4-7/h1-6,21H,17H2. The van der Waals surface area contributed by atoms with Gasteiger partial charge in [0.1, 0.15) is 11.3 Å². The van der Waals surface area contributed by atoms with Crippen LogP contribution in [0.4, 0.5) is 18.9 Å². The monoisotopic (exact) mass is 294 g/mol. The average Bonchev–Trinajstić information content (AvgIpc) is 2.82. The highest BCUT2D eigenvalue weighted by Crippen LogP contribution is 2.35. The molecule has 0 saturated heterocycles. The second-order valence-corrected chi connectivity index (χ2v) is 4.40. The molecule has 0 saturated carbocycles. The van der Waals surface area contributed by atoms with Gasteiger partial charge in [-0.25, -0.2) is 9.50 Å². The summed E-state index contributed by atoms with van der Waals surface area (Å²) in [6.45, 7) is 0. The van der Waals surface area contributed by atoms with Gasteiger partial charge in [-0.05, 0) is 12.1 Å². The largest absolute Gasteiger partial charge is 0.508 e. The van der Waals surface area contributed by atoms with Gasteiger partial charge >= 0.3 is 6.18 Å². The minimum absolute atomic E-state index is 0.0277. The molecule has 0 aliphatic heterocycles. The predicted octanol–water partition coefficient (Wildman–Crippen LogP) is 2.70. The number of nitrogens with zero attached hydrogens (tertiary/aromatic N) is 3. The fraction of sp³-hybridized carbons (Fsp3) is 0.0769. The Morgan fingerprint density at radius 3 is 2.62 bits per heavy atom. The third kappa shape index (κ3) is 2.14. The van der Waals surface area contributed by atoms with Crippen molar-refractivity contribution in [3.05, 3.63) is 42.2 Å². The summed E-state index contributed by atoms with van der Waals surface area (Å²) in [6, 6.07) is 6.01. The first-order valence-corrected chi connectivity index (χ1v) is 5.87. The number of rotatable bonds is 1. The van der Waals surface area contributed by atoms with Crippen LogP contribution in [-0.4, -0.2) is 19.7 Å². The van der Waals surface area contributed by atoms with Crippen LogP contribution in [0.1, 0.15) is 5.56 Å². The summed E-state index contributed by atoms with van der Waals surface area (Å²) in [5.41, 5.74) is 5.36. The average molecular weight is 294 g/mol. The number of halogens is 3. The molecule has 0 radical (unpaired) electrons. The van der Waals surface area contributed by atoms with Gasteiger partial charge in [-0.2, -0.15) is 18.3 Å². The molecule has 0 fully saturated rings. The number of nitrogen functional groups attached to an aromatic ring is 1. The zero-order chi connectivity index (χ0) is 15.2. The van der Waals surface area contributed by atoms with Gasteiger partial charge in [0.05, 0.1) is 23.8 Å². The Morgan fingerprint density at radius 2 is 1.95 bits per heavy atom. The van der Waals surface area contributed by atoms with Crippen molar-refractivity contribution in [1.82, 2.24) is 14.6 Å². The summed E-state index contributed by atoms with van der Waals surface area (Å²) < 4.78 is 39.7. The number of benzene rings is 1. The molecule has 0 atom stereocenters. The predicted molar refractivity (Wildman–Crippen MR) is 69.5 cm³/mol. The Morgan fingerprint density at radius 1 is 1.19 bits per heavy atom. The topological polar surface area (TPSA) is 76.4 Å².